The maximum atomic E-state index is 13.4. The molecule has 2 aromatic carbocycles. The van der Waals surface area contributed by atoms with Gasteiger partial charge in [0.2, 0.25) is 11.8 Å². The molecule has 0 spiro atoms. The molecule has 9 nitrogen and oxygen atoms in total. The highest BCUT2D eigenvalue weighted by atomic mass is 35.5. The van der Waals surface area contributed by atoms with Crippen molar-refractivity contribution in [2.45, 2.75) is 25.8 Å². The molecule has 3 amide bonds. The van der Waals surface area contributed by atoms with E-state index in [2.05, 4.69) is 25.8 Å². The minimum atomic E-state index is -0.820. The summed E-state index contributed by atoms with van der Waals surface area (Å²) in [5.74, 6) is -0.679. The Morgan fingerprint density at radius 1 is 1.17 bits per heavy atom. The quantitative estimate of drug-likeness (QED) is 0.330. The fourth-order valence-corrected chi connectivity index (χ4v) is 4.42. The minimum Gasteiger partial charge on any atom is -0.351 e. The third-order valence-corrected chi connectivity index (χ3v) is 6.21. The molecule has 1 atom stereocenters. The number of rotatable bonds is 6. The number of fused-ring (bicyclic) bond motifs is 2. The van der Waals surface area contributed by atoms with Gasteiger partial charge in [-0.05, 0) is 42.3 Å². The molecule has 178 valence electrons. The van der Waals surface area contributed by atoms with Gasteiger partial charge in [-0.2, -0.15) is 5.10 Å². The Morgan fingerprint density at radius 3 is 2.80 bits per heavy atom. The summed E-state index contributed by atoms with van der Waals surface area (Å²) in [4.78, 5) is 43.6. The molecule has 0 radical (unpaired) electrons. The number of carbonyl (C=O) groups is 3. The van der Waals surface area contributed by atoms with Crippen molar-refractivity contribution in [3.63, 3.8) is 0 Å². The Labute approximate surface area is 205 Å². The first-order chi connectivity index (χ1) is 16.9. The molecule has 0 saturated heterocycles. The van der Waals surface area contributed by atoms with Gasteiger partial charge in [0, 0.05) is 34.1 Å². The number of aromatic nitrogens is 3. The van der Waals surface area contributed by atoms with E-state index in [9.17, 15) is 14.4 Å². The Kier molecular flexibility index (Phi) is 6.00. The molecule has 2 aromatic heterocycles. The van der Waals surface area contributed by atoms with Crippen molar-refractivity contribution in [1.29, 1.82) is 0 Å². The molecular weight excluding hydrogens is 468 g/mol. The van der Waals surface area contributed by atoms with Crippen molar-refractivity contribution in [3.05, 3.63) is 76.6 Å². The zero-order chi connectivity index (χ0) is 24.5. The number of carbonyl (C=O) groups excluding carboxylic acids is 3. The van der Waals surface area contributed by atoms with Crippen molar-refractivity contribution >= 4 is 51.7 Å². The number of para-hydroxylation sites is 1. The predicted molar refractivity (Wildman–Crippen MR) is 134 cm³/mol. The first kappa shape index (κ1) is 22.7. The van der Waals surface area contributed by atoms with Gasteiger partial charge in [-0.15, -0.1) is 0 Å². The largest absolute Gasteiger partial charge is 0.351 e. The summed E-state index contributed by atoms with van der Waals surface area (Å²) < 4.78 is 0. The average Bonchev–Trinajstić information content (AvgIpc) is 3.48. The number of nitrogens with one attached hydrogen (secondary N) is 4. The van der Waals surface area contributed by atoms with Crippen molar-refractivity contribution in [1.82, 2.24) is 20.5 Å². The van der Waals surface area contributed by atoms with Gasteiger partial charge in [-0.3, -0.25) is 19.5 Å². The lowest BCUT2D eigenvalue weighted by atomic mass is 9.97. The highest BCUT2D eigenvalue weighted by Gasteiger charge is 2.35. The number of amides is 3. The molecular formula is C25H23ClN6O3. The van der Waals surface area contributed by atoms with E-state index in [1.807, 2.05) is 25.1 Å². The third kappa shape index (κ3) is 4.63. The Hall–Kier alpha value is -4.11. The second kappa shape index (κ2) is 9.27. The SMILES string of the molecule is CCc1cc(NC(=O)CN2C(=O)C(NC(=O)c3cc4cc(Cl)ccc4[nH]3)Cc3ccccc32)[nH]n1. The fourth-order valence-electron chi connectivity index (χ4n) is 4.24. The smallest absolute Gasteiger partial charge is 0.268 e. The van der Waals surface area contributed by atoms with Crippen LogP contribution in [-0.2, 0) is 22.4 Å². The molecule has 3 heterocycles. The highest BCUT2D eigenvalue weighted by molar-refractivity contribution is 6.31. The summed E-state index contributed by atoms with van der Waals surface area (Å²) in [6.45, 7) is 1.76. The van der Waals surface area contributed by atoms with Crippen molar-refractivity contribution in [3.8, 4) is 0 Å². The highest BCUT2D eigenvalue weighted by Crippen LogP contribution is 2.28. The zero-order valence-electron chi connectivity index (χ0n) is 18.9. The molecule has 4 aromatic rings. The van der Waals surface area contributed by atoms with Crippen LogP contribution in [0.1, 0.15) is 28.7 Å². The summed E-state index contributed by atoms with van der Waals surface area (Å²) in [7, 11) is 0. The van der Waals surface area contributed by atoms with E-state index in [0.717, 1.165) is 28.6 Å². The predicted octanol–water partition coefficient (Wildman–Crippen LogP) is 3.43. The third-order valence-electron chi connectivity index (χ3n) is 5.97. The Bertz CT molecular complexity index is 1440. The summed E-state index contributed by atoms with van der Waals surface area (Å²) in [5, 5.41) is 13.8. The normalized spacial score (nSPS) is 15.2. The molecule has 0 bridgehead atoms. The molecule has 0 saturated carbocycles. The lowest BCUT2D eigenvalue weighted by molar-refractivity contribution is -0.123. The molecule has 1 aliphatic heterocycles. The van der Waals surface area contributed by atoms with Crippen LogP contribution >= 0.6 is 11.6 Å². The van der Waals surface area contributed by atoms with Gasteiger partial charge in [-0.1, -0.05) is 36.7 Å². The van der Waals surface area contributed by atoms with Crippen LogP contribution < -0.4 is 15.5 Å². The first-order valence-electron chi connectivity index (χ1n) is 11.2. The Balaban J connectivity index is 1.35. The minimum absolute atomic E-state index is 0.201. The van der Waals surface area contributed by atoms with E-state index in [1.165, 1.54) is 4.90 Å². The van der Waals surface area contributed by atoms with E-state index < -0.39 is 11.9 Å². The summed E-state index contributed by atoms with van der Waals surface area (Å²) >= 11 is 6.04. The van der Waals surface area contributed by atoms with Crippen LogP contribution in [0.15, 0.2) is 54.6 Å². The standard InChI is InChI=1S/C25H23ClN6O3/c1-2-17-12-22(31-30-17)29-23(33)13-32-21-6-4-3-5-14(21)10-20(25(32)35)28-24(34)19-11-15-9-16(26)7-8-18(15)27-19/h3-9,11-12,20,27H,2,10,13H2,1H3,(H,28,34)(H2,29,30,31,33). The number of aromatic amines is 2. The second-order valence-corrected chi connectivity index (χ2v) is 8.81. The van der Waals surface area contributed by atoms with Crippen molar-refractivity contribution < 1.29 is 14.4 Å². The maximum Gasteiger partial charge on any atom is 0.268 e. The lowest BCUT2D eigenvalue weighted by Crippen LogP contribution is -2.54. The number of H-pyrrole nitrogens is 2. The van der Waals surface area contributed by atoms with Crippen LogP contribution in [0.2, 0.25) is 5.02 Å². The molecule has 0 fully saturated rings. The van der Waals surface area contributed by atoms with Gasteiger partial charge in [0.25, 0.3) is 5.91 Å². The molecule has 0 aliphatic carbocycles. The van der Waals surface area contributed by atoms with Gasteiger partial charge in [0.05, 0.1) is 5.69 Å². The molecule has 1 aliphatic rings. The zero-order valence-corrected chi connectivity index (χ0v) is 19.6. The first-order valence-corrected chi connectivity index (χ1v) is 11.6. The number of nitrogens with zero attached hydrogens (tertiary/aromatic N) is 2. The van der Waals surface area contributed by atoms with Crippen LogP contribution in [0.4, 0.5) is 11.5 Å². The van der Waals surface area contributed by atoms with Gasteiger partial charge in [0.15, 0.2) is 0 Å². The van der Waals surface area contributed by atoms with Crippen LogP contribution in [0.5, 0.6) is 0 Å². The van der Waals surface area contributed by atoms with E-state index in [4.69, 9.17) is 11.6 Å². The van der Waals surface area contributed by atoms with Crippen LogP contribution in [0, 0.1) is 0 Å². The van der Waals surface area contributed by atoms with Crippen LogP contribution in [-0.4, -0.2) is 45.5 Å². The van der Waals surface area contributed by atoms with E-state index >= 15 is 0 Å². The van der Waals surface area contributed by atoms with Gasteiger partial charge >= 0.3 is 0 Å². The Morgan fingerprint density at radius 2 is 2.00 bits per heavy atom. The average molecular weight is 491 g/mol. The number of hydrogen-bond acceptors (Lipinski definition) is 4. The summed E-state index contributed by atoms with van der Waals surface area (Å²) in [6, 6.07) is 15.3. The topological polar surface area (TPSA) is 123 Å². The molecule has 10 heteroatoms. The molecule has 5 rings (SSSR count). The molecule has 35 heavy (non-hydrogen) atoms. The second-order valence-electron chi connectivity index (χ2n) is 8.37. The monoisotopic (exact) mass is 490 g/mol. The van der Waals surface area contributed by atoms with Crippen molar-refractivity contribution in [2.24, 2.45) is 0 Å². The number of hydrogen-bond donors (Lipinski definition) is 4. The van der Waals surface area contributed by atoms with Gasteiger partial charge < -0.3 is 20.5 Å². The van der Waals surface area contributed by atoms with Crippen LogP contribution in [0.3, 0.4) is 0 Å². The number of benzene rings is 2. The van der Waals surface area contributed by atoms with E-state index in [0.29, 0.717) is 28.6 Å². The maximum absolute atomic E-state index is 13.4. The van der Waals surface area contributed by atoms with Gasteiger partial charge in [0.1, 0.15) is 24.1 Å². The summed E-state index contributed by atoms with van der Waals surface area (Å²) in [6.07, 6.45) is 1.06. The summed E-state index contributed by atoms with van der Waals surface area (Å²) in [5.41, 5.74) is 3.43. The van der Waals surface area contributed by atoms with Crippen LogP contribution in [0.25, 0.3) is 10.9 Å². The number of halogens is 1. The number of aryl methyl sites for hydroxylation is 1. The van der Waals surface area contributed by atoms with E-state index in [-0.39, 0.29) is 18.4 Å². The fraction of sp³-hybridized carbons (Fsp3) is 0.200. The molecule has 1 unspecified atom stereocenters. The molecule has 4 N–H and O–H groups in total. The van der Waals surface area contributed by atoms with Crippen molar-refractivity contribution in [2.75, 3.05) is 16.8 Å². The van der Waals surface area contributed by atoms with E-state index in [1.54, 1.807) is 36.4 Å². The lowest BCUT2D eigenvalue weighted by Gasteiger charge is -2.34. The van der Waals surface area contributed by atoms with Gasteiger partial charge in [-0.25, -0.2) is 0 Å². The number of anilines is 2.